The van der Waals surface area contributed by atoms with E-state index in [1.165, 1.54) is 38.8 Å². The summed E-state index contributed by atoms with van der Waals surface area (Å²) in [6.45, 7) is 7.81. The molecule has 2 aliphatic rings. The molecule has 2 N–H and O–H groups in total. The molecule has 0 amide bonds. The Labute approximate surface area is 118 Å². The quantitative estimate of drug-likeness (QED) is 0.821. The molecule has 0 bridgehead atoms. The van der Waals surface area contributed by atoms with E-state index in [1.807, 2.05) is 0 Å². The lowest BCUT2D eigenvalue weighted by atomic mass is 9.79. The van der Waals surface area contributed by atoms with Gasteiger partial charge in [0.25, 0.3) is 0 Å². The molecule has 1 heterocycles. The third-order valence-corrected chi connectivity index (χ3v) is 5.33. The Morgan fingerprint density at radius 3 is 2.63 bits per heavy atom. The molecule has 3 nitrogen and oxygen atoms in total. The molecule has 0 aromatic heterocycles. The predicted octanol–water partition coefficient (Wildman–Crippen LogP) is 2.25. The van der Waals surface area contributed by atoms with Crippen LogP contribution in [0.25, 0.3) is 0 Å². The Hall–Kier alpha value is -0.120. The molecular weight excluding hydrogens is 236 g/mol. The fraction of sp³-hybridized carbons (Fsp3) is 1.00. The van der Waals surface area contributed by atoms with Crippen molar-refractivity contribution in [2.45, 2.75) is 64.0 Å². The van der Waals surface area contributed by atoms with Crippen LogP contribution < -0.4 is 5.32 Å². The maximum absolute atomic E-state index is 10.6. The molecule has 1 aliphatic carbocycles. The van der Waals surface area contributed by atoms with E-state index in [0.717, 1.165) is 31.2 Å². The molecule has 1 saturated heterocycles. The number of nitrogens with one attached hydrogen (secondary N) is 1. The van der Waals surface area contributed by atoms with Crippen molar-refractivity contribution in [3.8, 4) is 0 Å². The highest BCUT2D eigenvalue weighted by Crippen LogP contribution is 2.31. The third kappa shape index (κ3) is 4.44. The highest BCUT2D eigenvalue weighted by Gasteiger charge is 2.32. The fourth-order valence-corrected chi connectivity index (χ4v) is 3.61. The largest absolute Gasteiger partial charge is 0.389 e. The standard InChI is InChI=1S/C16H32N2O/c1-13-6-8-16(19,9-7-13)12-17-14(2)15-5-4-10-18(3)11-15/h13-15,17,19H,4-12H2,1-3H3. The van der Waals surface area contributed by atoms with Gasteiger partial charge in [0, 0.05) is 19.1 Å². The summed E-state index contributed by atoms with van der Waals surface area (Å²) in [6, 6.07) is 0.520. The van der Waals surface area contributed by atoms with Crippen LogP contribution in [0, 0.1) is 11.8 Å². The van der Waals surface area contributed by atoms with Gasteiger partial charge >= 0.3 is 0 Å². The van der Waals surface area contributed by atoms with Crippen molar-refractivity contribution in [3.63, 3.8) is 0 Å². The van der Waals surface area contributed by atoms with Gasteiger partial charge in [0.1, 0.15) is 0 Å². The third-order valence-electron chi connectivity index (χ3n) is 5.33. The van der Waals surface area contributed by atoms with Crippen molar-refractivity contribution >= 4 is 0 Å². The fourth-order valence-electron chi connectivity index (χ4n) is 3.61. The van der Waals surface area contributed by atoms with Crippen LogP contribution in [0.2, 0.25) is 0 Å². The number of rotatable bonds is 4. The van der Waals surface area contributed by atoms with Crippen molar-refractivity contribution in [2.24, 2.45) is 11.8 Å². The molecule has 2 fully saturated rings. The monoisotopic (exact) mass is 268 g/mol. The minimum absolute atomic E-state index is 0.443. The van der Waals surface area contributed by atoms with Crippen molar-refractivity contribution in [1.82, 2.24) is 10.2 Å². The first-order chi connectivity index (χ1) is 8.98. The van der Waals surface area contributed by atoms with E-state index in [9.17, 15) is 5.11 Å². The summed E-state index contributed by atoms with van der Waals surface area (Å²) >= 11 is 0. The van der Waals surface area contributed by atoms with Crippen molar-refractivity contribution in [3.05, 3.63) is 0 Å². The zero-order valence-corrected chi connectivity index (χ0v) is 13.0. The summed E-state index contributed by atoms with van der Waals surface area (Å²) in [4.78, 5) is 2.43. The van der Waals surface area contributed by atoms with E-state index >= 15 is 0 Å². The highest BCUT2D eigenvalue weighted by molar-refractivity contribution is 4.88. The molecule has 2 rings (SSSR count). The van der Waals surface area contributed by atoms with Crippen LogP contribution in [-0.2, 0) is 0 Å². The van der Waals surface area contributed by atoms with E-state index in [0.29, 0.717) is 6.04 Å². The number of hydrogen-bond donors (Lipinski definition) is 2. The van der Waals surface area contributed by atoms with Gasteiger partial charge in [-0.2, -0.15) is 0 Å². The van der Waals surface area contributed by atoms with E-state index in [2.05, 4.69) is 31.1 Å². The summed E-state index contributed by atoms with van der Waals surface area (Å²) < 4.78 is 0. The minimum Gasteiger partial charge on any atom is -0.389 e. The molecule has 1 aliphatic heterocycles. The Morgan fingerprint density at radius 1 is 1.32 bits per heavy atom. The SMILES string of the molecule is CC1CCC(O)(CNC(C)C2CCCN(C)C2)CC1. The highest BCUT2D eigenvalue weighted by atomic mass is 16.3. The maximum Gasteiger partial charge on any atom is 0.0771 e. The van der Waals surface area contributed by atoms with Crippen LogP contribution in [0.3, 0.4) is 0 Å². The lowest BCUT2D eigenvalue weighted by Gasteiger charge is -2.38. The summed E-state index contributed by atoms with van der Waals surface area (Å²) in [6.07, 6.45) is 6.94. The lowest BCUT2D eigenvalue weighted by molar-refractivity contribution is -0.0101. The van der Waals surface area contributed by atoms with Crippen molar-refractivity contribution < 1.29 is 5.11 Å². The summed E-state index contributed by atoms with van der Waals surface area (Å²) in [5.41, 5.74) is -0.443. The normalized spacial score (nSPS) is 39.2. The molecule has 3 heteroatoms. The Balaban J connectivity index is 1.75. The van der Waals surface area contributed by atoms with Crippen LogP contribution in [-0.4, -0.2) is 48.3 Å². The van der Waals surface area contributed by atoms with E-state index in [1.54, 1.807) is 0 Å². The molecule has 2 unspecified atom stereocenters. The smallest absolute Gasteiger partial charge is 0.0771 e. The van der Waals surface area contributed by atoms with Crippen LogP contribution in [0.15, 0.2) is 0 Å². The van der Waals surface area contributed by atoms with Crippen LogP contribution >= 0.6 is 0 Å². The second-order valence-electron chi connectivity index (χ2n) is 7.24. The summed E-state index contributed by atoms with van der Waals surface area (Å²) in [5.74, 6) is 1.54. The molecule has 0 aromatic rings. The second-order valence-corrected chi connectivity index (χ2v) is 7.24. The molecule has 0 spiro atoms. The zero-order chi connectivity index (χ0) is 13.9. The number of nitrogens with zero attached hydrogens (tertiary/aromatic N) is 1. The van der Waals surface area contributed by atoms with Crippen LogP contribution in [0.4, 0.5) is 0 Å². The van der Waals surface area contributed by atoms with Crippen molar-refractivity contribution in [1.29, 1.82) is 0 Å². The maximum atomic E-state index is 10.6. The Morgan fingerprint density at radius 2 is 2.00 bits per heavy atom. The molecule has 1 saturated carbocycles. The second kappa shape index (κ2) is 6.55. The first-order valence-corrected chi connectivity index (χ1v) is 8.13. The van der Waals surface area contributed by atoms with Crippen LogP contribution in [0.1, 0.15) is 52.4 Å². The van der Waals surface area contributed by atoms with E-state index in [4.69, 9.17) is 0 Å². The predicted molar refractivity (Wildman–Crippen MR) is 80.3 cm³/mol. The van der Waals surface area contributed by atoms with Gasteiger partial charge in [-0.3, -0.25) is 0 Å². The van der Waals surface area contributed by atoms with E-state index in [-0.39, 0.29) is 0 Å². The average molecular weight is 268 g/mol. The van der Waals surface area contributed by atoms with Crippen LogP contribution in [0.5, 0.6) is 0 Å². The molecule has 0 radical (unpaired) electrons. The summed E-state index contributed by atoms with van der Waals surface area (Å²) in [5, 5.41) is 14.2. The molecule has 2 atom stereocenters. The number of hydrogen-bond acceptors (Lipinski definition) is 3. The molecule has 112 valence electrons. The molecular formula is C16H32N2O. The first kappa shape index (κ1) is 15.3. The van der Waals surface area contributed by atoms with Gasteiger partial charge in [-0.1, -0.05) is 6.92 Å². The lowest BCUT2D eigenvalue weighted by Crippen LogP contribution is -2.49. The number of piperidine rings is 1. The topological polar surface area (TPSA) is 35.5 Å². The van der Waals surface area contributed by atoms with Gasteiger partial charge in [-0.25, -0.2) is 0 Å². The Kier molecular flexibility index (Phi) is 5.27. The van der Waals surface area contributed by atoms with Gasteiger partial charge in [0.05, 0.1) is 5.60 Å². The van der Waals surface area contributed by atoms with Gasteiger partial charge < -0.3 is 15.3 Å². The van der Waals surface area contributed by atoms with Gasteiger partial charge in [0.2, 0.25) is 0 Å². The van der Waals surface area contributed by atoms with Gasteiger partial charge in [-0.15, -0.1) is 0 Å². The Bertz CT molecular complexity index is 274. The van der Waals surface area contributed by atoms with Gasteiger partial charge in [-0.05, 0) is 70.9 Å². The number of aliphatic hydroxyl groups is 1. The van der Waals surface area contributed by atoms with Crippen molar-refractivity contribution in [2.75, 3.05) is 26.7 Å². The molecule has 19 heavy (non-hydrogen) atoms. The summed E-state index contributed by atoms with van der Waals surface area (Å²) in [7, 11) is 2.22. The first-order valence-electron chi connectivity index (χ1n) is 8.13. The van der Waals surface area contributed by atoms with E-state index < -0.39 is 5.60 Å². The molecule has 0 aromatic carbocycles. The number of likely N-dealkylation sites (tertiary alicyclic amines) is 1. The van der Waals surface area contributed by atoms with Gasteiger partial charge in [0.15, 0.2) is 0 Å². The minimum atomic E-state index is -0.443. The average Bonchev–Trinajstić information content (AvgIpc) is 2.40. The zero-order valence-electron chi connectivity index (χ0n) is 13.0.